The second-order valence-corrected chi connectivity index (χ2v) is 5.20. The molecule has 26 heavy (non-hydrogen) atoms. The van der Waals surface area contributed by atoms with Gasteiger partial charge in [-0.1, -0.05) is 24.3 Å². The van der Waals surface area contributed by atoms with Crippen LogP contribution in [0.3, 0.4) is 0 Å². The van der Waals surface area contributed by atoms with E-state index in [9.17, 15) is 32.6 Å². The highest BCUT2D eigenvalue weighted by atomic mass is 19.4. The minimum Gasteiger partial charge on any atom is -0.507 e. The number of carbonyl (C=O) groups is 1. The normalized spacial score (nSPS) is 11.7. The molecule has 4 nitrogen and oxygen atoms in total. The van der Waals surface area contributed by atoms with Gasteiger partial charge in [0.15, 0.2) is 0 Å². The number of halogens is 4. The Morgan fingerprint density at radius 2 is 1.77 bits per heavy atom. The summed E-state index contributed by atoms with van der Waals surface area (Å²) >= 11 is 0. The molecule has 138 valence electrons. The lowest BCUT2D eigenvalue weighted by Crippen LogP contribution is -2.04. The van der Waals surface area contributed by atoms with Crippen molar-refractivity contribution in [3.63, 3.8) is 0 Å². The first-order chi connectivity index (χ1) is 12.2. The van der Waals surface area contributed by atoms with Gasteiger partial charge in [-0.25, -0.2) is 9.18 Å². The van der Waals surface area contributed by atoms with Crippen molar-refractivity contribution in [1.82, 2.24) is 0 Å². The number of ether oxygens (including phenoxy) is 1. The molecule has 0 saturated carbocycles. The van der Waals surface area contributed by atoms with E-state index in [0.29, 0.717) is 5.56 Å². The number of rotatable bonds is 6. The lowest BCUT2D eigenvalue weighted by molar-refractivity contribution is -0.137. The third kappa shape index (κ3) is 4.75. The SMILES string of the molecule is O=C(O)c1c(O)cc(OCCF)cc1C=Cc1ccc(C(F)(F)F)cc1. The Labute approximate surface area is 146 Å². The van der Waals surface area contributed by atoms with Crippen LogP contribution in [0.1, 0.15) is 27.0 Å². The molecule has 2 N–H and O–H groups in total. The standard InChI is InChI=1S/C18H14F4O4/c19-7-8-26-14-9-12(16(17(24)25)15(23)10-14)4-1-11-2-5-13(6-3-11)18(20,21)22/h1-6,9-10,23H,7-8H2,(H,24,25). The molecule has 2 aromatic rings. The Morgan fingerprint density at radius 3 is 2.31 bits per heavy atom. The van der Waals surface area contributed by atoms with Gasteiger partial charge >= 0.3 is 12.1 Å². The molecule has 0 heterocycles. The molecule has 0 aliphatic heterocycles. The van der Waals surface area contributed by atoms with Crippen LogP contribution in [0.25, 0.3) is 12.2 Å². The first-order valence-corrected chi connectivity index (χ1v) is 7.37. The van der Waals surface area contributed by atoms with Gasteiger partial charge < -0.3 is 14.9 Å². The fourth-order valence-corrected chi connectivity index (χ4v) is 2.20. The van der Waals surface area contributed by atoms with E-state index in [1.54, 1.807) is 0 Å². The highest BCUT2D eigenvalue weighted by molar-refractivity contribution is 5.96. The van der Waals surface area contributed by atoms with E-state index in [1.807, 2.05) is 0 Å². The lowest BCUT2D eigenvalue weighted by atomic mass is 10.0. The Hall–Kier alpha value is -3.03. The molecule has 2 rings (SSSR count). The average molecular weight is 370 g/mol. The van der Waals surface area contributed by atoms with Crippen molar-refractivity contribution < 1.29 is 37.3 Å². The molecule has 0 spiro atoms. The van der Waals surface area contributed by atoms with Crippen molar-refractivity contribution in [3.05, 3.63) is 58.7 Å². The van der Waals surface area contributed by atoms with E-state index in [4.69, 9.17) is 4.74 Å². The van der Waals surface area contributed by atoms with Gasteiger partial charge in [0.25, 0.3) is 0 Å². The molecule has 0 amide bonds. The molecule has 0 bridgehead atoms. The van der Waals surface area contributed by atoms with Crippen LogP contribution >= 0.6 is 0 Å². The van der Waals surface area contributed by atoms with Crippen LogP contribution in [0.2, 0.25) is 0 Å². The molecule has 0 aromatic heterocycles. The maximum atomic E-state index is 12.6. The number of benzene rings is 2. The first kappa shape index (κ1) is 19.3. The quantitative estimate of drug-likeness (QED) is 0.575. The maximum absolute atomic E-state index is 12.6. The smallest absolute Gasteiger partial charge is 0.416 e. The Morgan fingerprint density at radius 1 is 1.12 bits per heavy atom. The molecule has 0 fully saturated rings. The highest BCUT2D eigenvalue weighted by Crippen LogP contribution is 2.31. The van der Waals surface area contributed by atoms with Gasteiger partial charge in [0.2, 0.25) is 0 Å². The maximum Gasteiger partial charge on any atom is 0.416 e. The second kappa shape index (κ2) is 7.90. The monoisotopic (exact) mass is 370 g/mol. The van der Waals surface area contributed by atoms with Crippen LogP contribution in [-0.4, -0.2) is 29.5 Å². The molecule has 0 unspecified atom stereocenters. The third-order valence-electron chi connectivity index (χ3n) is 3.37. The molecular weight excluding hydrogens is 356 g/mol. The Kier molecular flexibility index (Phi) is 5.86. The molecular formula is C18H14F4O4. The van der Waals surface area contributed by atoms with Crippen molar-refractivity contribution in [2.24, 2.45) is 0 Å². The third-order valence-corrected chi connectivity index (χ3v) is 3.37. The van der Waals surface area contributed by atoms with Crippen LogP contribution < -0.4 is 4.74 Å². The van der Waals surface area contributed by atoms with Gasteiger partial charge in [0.05, 0.1) is 5.56 Å². The van der Waals surface area contributed by atoms with Crippen LogP contribution in [0.15, 0.2) is 36.4 Å². The lowest BCUT2D eigenvalue weighted by Gasteiger charge is -2.10. The second-order valence-electron chi connectivity index (χ2n) is 5.20. The average Bonchev–Trinajstić information content (AvgIpc) is 2.57. The molecule has 0 saturated heterocycles. The summed E-state index contributed by atoms with van der Waals surface area (Å²) in [6, 6.07) is 6.59. The Balaban J connectivity index is 2.35. The van der Waals surface area contributed by atoms with Crippen LogP contribution in [0.4, 0.5) is 17.6 Å². The van der Waals surface area contributed by atoms with Gasteiger partial charge in [-0.05, 0) is 29.3 Å². The molecule has 2 aromatic carbocycles. The Bertz CT molecular complexity index is 811. The zero-order valence-corrected chi connectivity index (χ0v) is 13.3. The summed E-state index contributed by atoms with van der Waals surface area (Å²) in [5, 5.41) is 19.1. The number of alkyl halides is 4. The van der Waals surface area contributed by atoms with Gasteiger partial charge in [-0.2, -0.15) is 13.2 Å². The minimum absolute atomic E-state index is 0.0613. The number of aromatic carboxylic acids is 1. The number of phenols is 1. The van der Waals surface area contributed by atoms with E-state index in [0.717, 1.165) is 18.2 Å². The van der Waals surface area contributed by atoms with Crippen molar-refractivity contribution >= 4 is 18.1 Å². The van der Waals surface area contributed by atoms with Gasteiger partial charge in [-0.15, -0.1) is 0 Å². The van der Waals surface area contributed by atoms with Crippen molar-refractivity contribution in [2.45, 2.75) is 6.18 Å². The largest absolute Gasteiger partial charge is 0.507 e. The minimum atomic E-state index is -4.45. The molecule has 8 heteroatoms. The van der Waals surface area contributed by atoms with E-state index in [2.05, 4.69) is 0 Å². The van der Waals surface area contributed by atoms with Crippen molar-refractivity contribution in [2.75, 3.05) is 13.3 Å². The molecule has 0 atom stereocenters. The predicted molar refractivity (Wildman–Crippen MR) is 86.9 cm³/mol. The number of aromatic hydroxyl groups is 1. The van der Waals surface area contributed by atoms with Crippen molar-refractivity contribution in [3.8, 4) is 11.5 Å². The number of carboxylic acids is 1. The molecule has 0 aliphatic carbocycles. The summed E-state index contributed by atoms with van der Waals surface area (Å²) in [5.74, 6) is -1.90. The zero-order chi connectivity index (χ0) is 19.3. The number of carboxylic acid groups (broad SMARTS) is 1. The van der Waals surface area contributed by atoms with E-state index < -0.39 is 35.7 Å². The summed E-state index contributed by atoms with van der Waals surface area (Å²) in [4.78, 5) is 11.3. The summed E-state index contributed by atoms with van der Waals surface area (Å²) in [6.45, 7) is -1.04. The summed E-state index contributed by atoms with van der Waals surface area (Å²) in [7, 11) is 0. The molecule has 0 radical (unpaired) electrons. The summed E-state index contributed by atoms with van der Waals surface area (Å²) < 4.78 is 54.9. The van der Waals surface area contributed by atoms with Gasteiger partial charge in [0.1, 0.15) is 30.3 Å². The zero-order valence-electron chi connectivity index (χ0n) is 13.3. The van der Waals surface area contributed by atoms with Gasteiger partial charge in [0, 0.05) is 6.07 Å². The topological polar surface area (TPSA) is 66.8 Å². The highest BCUT2D eigenvalue weighted by Gasteiger charge is 2.29. The van der Waals surface area contributed by atoms with Crippen LogP contribution in [0.5, 0.6) is 11.5 Å². The first-order valence-electron chi connectivity index (χ1n) is 7.37. The van der Waals surface area contributed by atoms with Crippen LogP contribution in [-0.2, 0) is 6.18 Å². The summed E-state index contributed by atoms with van der Waals surface area (Å²) in [6.07, 6.45) is -1.75. The fourth-order valence-electron chi connectivity index (χ4n) is 2.20. The fraction of sp³-hybridized carbons (Fsp3) is 0.167. The summed E-state index contributed by atoms with van der Waals surface area (Å²) in [5.41, 5.74) is -0.754. The van der Waals surface area contributed by atoms with E-state index in [-0.39, 0.29) is 17.9 Å². The number of hydrogen-bond acceptors (Lipinski definition) is 3. The van der Waals surface area contributed by atoms with Gasteiger partial charge in [-0.3, -0.25) is 0 Å². The van der Waals surface area contributed by atoms with Crippen molar-refractivity contribution in [1.29, 1.82) is 0 Å². The number of hydrogen-bond donors (Lipinski definition) is 2. The molecule has 0 aliphatic rings. The van der Waals surface area contributed by atoms with E-state index >= 15 is 0 Å². The van der Waals surface area contributed by atoms with Crippen LogP contribution in [0, 0.1) is 0 Å². The van der Waals surface area contributed by atoms with E-state index in [1.165, 1.54) is 30.4 Å². The predicted octanol–water partition coefficient (Wildman–Crippen LogP) is 4.63.